The van der Waals surface area contributed by atoms with Gasteiger partial charge in [0.05, 0.1) is 20.8 Å². The minimum atomic E-state index is -0.0174. The van der Waals surface area contributed by atoms with Gasteiger partial charge in [0.25, 0.3) is 0 Å². The number of benzene rings is 2. The van der Waals surface area contributed by atoms with Gasteiger partial charge in [-0.25, -0.2) is 0 Å². The maximum Gasteiger partial charge on any atom is 0.167 e. The van der Waals surface area contributed by atoms with Crippen molar-refractivity contribution in [3.05, 3.63) is 59.9 Å². The van der Waals surface area contributed by atoms with Crippen molar-refractivity contribution < 1.29 is 18.7 Å². The Hall–Kier alpha value is -2.79. The summed E-state index contributed by atoms with van der Waals surface area (Å²) in [7, 11) is 3.18. The van der Waals surface area contributed by atoms with Crippen LogP contribution in [0.1, 0.15) is 29.0 Å². The highest BCUT2D eigenvalue weighted by Gasteiger charge is 2.27. The third-order valence-electron chi connectivity index (χ3n) is 5.40. The molecule has 2 aromatic carbocycles. The van der Waals surface area contributed by atoms with Gasteiger partial charge in [-0.15, -0.1) is 0 Å². The Morgan fingerprint density at radius 3 is 2.71 bits per heavy atom. The molecular formula is C23H25NO4. The fraction of sp³-hybridized carbons (Fsp3) is 0.348. The number of ether oxygens (including phenoxy) is 2. The number of furan rings is 1. The summed E-state index contributed by atoms with van der Waals surface area (Å²) in [5, 5.41) is 1.12. The van der Waals surface area contributed by atoms with Gasteiger partial charge >= 0.3 is 0 Å². The van der Waals surface area contributed by atoms with Crippen LogP contribution < -0.4 is 9.47 Å². The average molecular weight is 379 g/mol. The Labute approximate surface area is 164 Å². The zero-order valence-corrected chi connectivity index (χ0v) is 16.3. The number of rotatable bonds is 6. The summed E-state index contributed by atoms with van der Waals surface area (Å²) in [5.74, 6) is 2.31. The molecule has 1 aromatic heterocycles. The number of hydrogen-bond acceptors (Lipinski definition) is 5. The van der Waals surface area contributed by atoms with Crippen LogP contribution >= 0.6 is 0 Å². The number of hydrogen-bond donors (Lipinski definition) is 0. The molecule has 0 N–H and O–H groups in total. The van der Waals surface area contributed by atoms with E-state index in [0.29, 0.717) is 17.1 Å². The first-order chi connectivity index (χ1) is 13.7. The zero-order chi connectivity index (χ0) is 19.5. The van der Waals surface area contributed by atoms with Gasteiger partial charge in [-0.1, -0.05) is 18.2 Å². The lowest BCUT2D eigenvalue weighted by molar-refractivity contribution is 0.0803. The number of para-hydroxylation sites is 1. The topological polar surface area (TPSA) is 51.9 Å². The second-order valence-electron chi connectivity index (χ2n) is 7.26. The van der Waals surface area contributed by atoms with E-state index in [0.717, 1.165) is 49.2 Å². The molecular weight excluding hydrogens is 354 g/mol. The number of Topliss-reactive ketones (excluding diaryl/α,β-unsaturated/α-hetero) is 1. The molecule has 1 aliphatic heterocycles. The summed E-state index contributed by atoms with van der Waals surface area (Å²) in [6.07, 6.45) is 1.91. The molecule has 0 amide bonds. The van der Waals surface area contributed by atoms with Crippen molar-refractivity contribution in [3.63, 3.8) is 0 Å². The molecule has 0 aliphatic carbocycles. The number of ketones is 1. The quantitative estimate of drug-likeness (QED) is 0.588. The van der Waals surface area contributed by atoms with Crippen LogP contribution in [0.5, 0.6) is 11.5 Å². The smallest absolute Gasteiger partial charge is 0.167 e. The van der Waals surface area contributed by atoms with E-state index in [4.69, 9.17) is 13.9 Å². The summed E-state index contributed by atoms with van der Waals surface area (Å²) < 4.78 is 16.6. The molecule has 1 aliphatic rings. The molecule has 1 atom stereocenters. The molecule has 0 bridgehead atoms. The van der Waals surface area contributed by atoms with E-state index >= 15 is 0 Å². The van der Waals surface area contributed by atoms with Crippen molar-refractivity contribution >= 4 is 16.8 Å². The minimum Gasteiger partial charge on any atom is -0.493 e. The predicted octanol–water partition coefficient (Wildman–Crippen LogP) is 4.54. The third kappa shape index (κ3) is 3.76. The van der Waals surface area contributed by atoms with Gasteiger partial charge in [0.15, 0.2) is 17.3 Å². The minimum absolute atomic E-state index is 0.0174. The van der Waals surface area contributed by atoms with Gasteiger partial charge in [-0.05, 0) is 49.7 Å². The molecule has 5 nitrogen and oxygen atoms in total. The highest BCUT2D eigenvalue weighted by molar-refractivity contribution is 5.98. The van der Waals surface area contributed by atoms with Crippen molar-refractivity contribution in [1.82, 2.24) is 4.90 Å². The largest absolute Gasteiger partial charge is 0.493 e. The van der Waals surface area contributed by atoms with Crippen molar-refractivity contribution in [1.29, 1.82) is 0 Å². The molecule has 4 rings (SSSR count). The van der Waals surface area contributed by atoms with Crippen LogP contribution in [-0.2, 0) is 6.54 Å². The van der Waals surface area contributed by atoms with Gasteiger partial charge in [0, 0.05) is 23.4 Å². The highest BCUT2D eigenvalue weighted by Crippen LogP contribution is 2.30. The van der Waals surface area contributed by atoms with Gasteiger partial charge in [0.1, 0.15) is 11.3 Å². The number of carbonyl (C=O) groups excluding carboxylic acids is 1. The monoisotopic (exact) mass is 379 g/mol. The summed E-state index contributed by atoms with van der Waals surface area (Å²) >= 11 is 0. The first-order valence-electron chi connectivity index (χ1n) is 9.64. The Morgan fingerprint density at radius 1 is 1.11 bits per heavy atom. The predicted molar refractivity (Wildman–Crippen MR) is 108 cm³/mol. The number of carbonyl (C=O) groups is 1. The van der Waals surface area contributed by atoms with E-state index in [1.807, 2.05) is 24.3 Å². The standard InChI is InChI=1S/C23H25NO4/c1-26-21-10-9-17(13-22(21)27-2)23(25)18-7-5-11-24(14-18)15-19-12-16-6-3-4-8-20(16)28-19/h3-4,6,8-10,12-13,18H,5,7,11,14-15H2,1-2H3. The van der Waals surface area contributed by atoms with Crippen molar-refractivity contribution in [2.45, 2.75) is 19.4 Å². The molecule has 5 heteroatoms. The first kappa shape index (κ1) is 18.6. The molecule has 0 saturated carbocycles. The number of likely N-dealkylation sites (tertiary alicyclic amines) is 1. The van der Waals surface area contributed by atoms with Gasteiger partial charge in [-0.2, -0.15) is 0 Å². The molecule has 0 spiro atoms. The maximum atomic E-state index is 13.1. The lowest BCUT2D eigenvalue weighted by Gasteiger charge is -2.31. The van der Waals surface area contributed by atoms with E-state index in [-0.39, 0.29) is 11.7 Å². The summed E-state index contributed by atoms with van der Waals surface area (Å²) in [4.78, 5) is 15.4. The normalized spacial score (nSPS) is 17.6. The van der Waals surface area contributed by atoms with E-state index < -0.39 is 0 Å². The lowest BCUT2D eigenvalue weighted by Crippen LogP contribution is -2.38. The Kier molecular flexibility index (Phi) is 5.35. The van der Waals surface area contributed by atoms with E-state index in [1.165, 1.54) is 0 Å². The van der Waals surface area contributed by atoms with E-state index in [2.05, 4.69) is 17.0 Å². The molecule has 28 heavy (non-hydrogen) atoms. The SMILES string of the molecule is COc1ccc(C(=O)C2CCCN(Cc3cc4ccccc4o3)C2)cc1OC. The Bertz CT molecular complexity index is 945. The van der Waals surface area contributed by atoms with E-state index in [9.17, 15) is 4.79 Å². The third-order valence-corrected chi connectivity index (χ3v) is 5.40. The fourth-order valence-corrected chi connectivity index (χ4v) is 3.97. The molecule has 3 aromatic rings. The average Bonchev–Trinajstić information content (AvgIpc) is 3.15. The van der Waals surface area contributed by atoms with Crippen LogP contribution in [0.3, 0.4) is 0 Å². The molecule has 1 unspecified atom stereocenters. The number of fused-ring (bicyclic) bond motifs is 1. The number of methoxy groups -OCH3 is 2. The van der Waals surface area contributed by atoms with Gasteiger partial charge in [0.2, 0.25) is 0 Å². The van der Waals surface area contributed by atoms with Crippen LogP contribution in [-0.4, -0.2) is 38.0 Å². The summed E-state index contributed by atoms with van der Waals surface area (Å²) in [5.41, 5.74) is 1.58. The second-order valence-corrected chi connectivity index (χ2v) is 7.26. The van der Waals surface area contributed by atoms with E-state index in [1.54, 1.807) is 26.4 Å². The number of piperidine rings is 1. The van der Waals surface area contributed by atoms with Crippen LogP contribution in [0.25, 0.3) is 11.0 Å². The number of nitrogens with zero attached hydrogens (tertiary/aromatic N) is 1. The van der Waals surface area contributed by atoms with Crippen LogP contribution in [0.15, 0.2) is 52.9 Å². The van der Waals surface area contributed by atoms with Crippen molar-refractivity contribution in [2.75, 3.05) is 27.3 Å². The molecule has 2 heterocycles. The maximum absolute atomic E-state index is 13.1. The van der Waals surface area contributed by atoms with Crippen molar-refractivity contribution in [3.8, 4) is 11.5 Å². The zero-order valence-electron chi connectivity index (χ0n) is 16.3. The lowest BCUT2D eigenvalue weighted by atomic mass is 9.90. The highest BCUT2D eigenvalue weighted by atomic mass is 16.5. The first-order valence-corrected chi connectivity index (χ1v) is 9.64. The second kappa shape index (κ2) is 8.07. The Morgan fingerprint density at radius 2 is 1.93 bits per heavy atom. The molecule has 1 saturated heterocycles. The molecule has 0 radical (unpaired) electrons. The Balaban J connectivity index is 1.46. The fourth-order valence-electron chi connectivity index (χ4n) is 3.97. The molecule has 1 fully saturated rings. The van der Waals surface area contributed by atoms with Crippen LogP contribution in [0.4, 0.5) is 0 Å². The van der Waals surface area contributed by atoms with Gasteiger partial charge in [-0.3, -0.25) is 9.69 Å². The van der Waals surface area contributed by atoms with Crippen LogP contribution in [0.2, 0.25) is 0 Å². The summed E-state index contributed by atoms with van der Waals surface area (Å²) in [6.45, 7) is 2.45. The van der Waals surface area contributed by atoms with Crippen LogP contribution in [0, 0.1) is 5.92 Å². The summed E-state index contributed by atoms with van der Waals surface area (Å²) in [6, 6.07) is 15.5. The molecule has 146 valence electrons. The van der Waals surface area contributed by atoms with Gasteiger partial charge < -0.3 is 13.9 Å². The van der Waals surface area contributed by atoms with Crippen molar-refractivity contribution in [2.24, 2.45) is 5.92 Å².